The maximum atomic E-state index is 13.3. The second kappa shape index (κ2) is 9.21. The van der Waals surface area contributed by atoms with E-state index >= 15 is 0 Å². The second-order valence-electron chi connectivity index (χ2n) is 8.47. The van der Waals surface area contributed by atoms with Crippen LogP contribution in [0.25, 0.3) is 0 Å². The molecule has 1 aromatic heterocycles. The van der Waals surface area contributed by atoms with Gasteiger partial charge in [-0.25, -0.2) is 0 Å². The molecule has 172 valence electrons. The molecule has 2 N–H and O–H groups in total. The minimum Gasteiger partial charge on any atom is -0.491 e. The van der Waals surface area contributed by atoms with Crippen LogP contribution in [-0.4, -0.2) is 69.9 Å². The minimum absolute atomic E-state index is 0.170. The number of hydrogen-bond acceptors (Lipinski definition) is 8. The molecular formula is C24H27N5O4. The van der Waals surface area contributed by atoms with E-state index in [1.165, 1.54) is 11.1 Å². The van der Waals surface area contributed by atoms with Crippen LogP contribution in [0, 0.1) is 6.92 Å². The minimum atomic E-state index is -0.650. The third-order valence-corrected chi connectivity index (χ3v) is 6.00. The van der Waals surface area contributed by atoms with Crippen LogP contribution >= 0.6 is 0 Å². The van der Waals surface area contributed by atoms with Crippen molar-refractivity contribution in [2.24, 2.45) is 0 Å². The molecule has 0 saturated heterocycles. The van der Waals surface area contributed by atoms with Gasteiger partial charge in [0.2, 0.25) is 5.89 Å². The fourth-order valence-electron chi connectivity index (χ4n) is 4.40. The first kappa shape index (κ1) is 21.4. The maximum absolute atomic E-state index is 13.3. The van der Waals surface area contributed by atoms with Crippen LogP contribution < -0.4 is 10.1 Å². The van der Waals surface area contributed by atoms with Gasteiger partial charge in [-0.1, -0.05) is 29.4 Å². The van der Waals surface area contributed by atoms with Crippen LogP contribution in [0.3, 0.4) is 0 Å². The summed E-state index contributed by atoms with van der Waals surface area (Å²) in [7, 11) is 0. The molecule has 3 heterocycles. The molecule has 1 amide bonds. The van der Waals surface area contributed by atoms with Crippen molar-refractivity contribution in [1.29, 1.82) is 0 Å². The number of aliphatic hydroxyl groups excluding tert-OH is 1. The molecule has 0 radical (unpaired) electrons. The van der Waals surface area contributed by atoms with Crippen LogP contribution in [0.1, 0.15) is 27.4 Å². The number of ether oxygens (including phenoxy) is 1. The fourth-order valence-corrected chi connectivity index (χ4v) is 4.40. The zero-order valence-corrected chi connectivity index (χ0v) is 18.5. The summed E-state index contributed by atoms with van der Waals surface area (Å²) in [4.78, 5) is 17.2. The lowest BCUT2D eigenvalue weighted by molar-refractivity contribution is 0.0501. The highest BCUT2D eigenvalue weighted by Gasteiger charge is 2.27. The molecule has 33 heavy (non-hydrogen) atoms. The van der Waals surface area contributed by atoms with E-state index in [-0.39, 0.29) is 18.5 Å². The number of hydrogen-bond donors (Lipinski definition) is 2. The van der Waals surface area contributed by atoms with E-state index in [0.717, 1.165) is 19.5 Å². The zero-order chi connectivity index (χ0) is 22.8. The monoisotopic (exact) mass is 449 g/mol. The van der Waals surface area contributed by atoms with Gasteiger partial charge in [-0.2, -0.15) is 0 Å². The number of nitrogens with one attached hydrogen (secondary N) is 1. The van der Waals surface area contributed by atoms with E-state index in [1.807, 2.05) is 0 Å². The van der Waals surface area contributed by atoms with E-state index in [1.54, 1.807) is 30.0 Å². The number of aryl methyl sites for hydroxylation is 1. The Morgan fingerprint density at radius 3 is 2.79 bits per heavy atom. The summed E-state index contributed by atoms with van der Waals surface area (Å²) < 4.78 is 11.1. The number of nitrogens with zero attached hydrogens (tertiary/aromatic N) is 4. The molecule has 1 atom stereocenters. The number of aromatic nitrogens is 2. The van der Waals surface area contributed by atoms with Crippen molar-refractivity contribution >= 4 is 17.6 Å². The summed E-state index contributed by atoms with van der Waals surface area (Å²) in [6.45, 7) is 4.98. The highest BCUT2D eigenvalue weighted by atomic mass is 16.5. The third-order valence-electron chi connectivity index (χ3n) is 6.00. The van der Waals surface area contributed by atoms with Gasteiger partial charge in [0.05, 0.1) is 18.2 Å². The van der Waals surface area contributed by atoms with E-state index in [2.05, 4.69) is 44.7 Å². The van der Waals surface area contributed by atoms with Crippen molar-refractivity contribution in [2.75, 3.05) is 38.1 Å². The Hall–Kier alpha value is -3.43. The average Bonchev–Trinajstić information content (AvgIpc) is 3.16. The molecule has 0 unspecified atom stereocenters. The molecule has 0 aliphatic carbocycles. The molecule has 9 heteroatoms. The van der Waals surface area contributed by atoms with E-state index in [4.69, 9.17) is 9.15 Å². The van der Waals surface area contributed by atoms with Gasteiger partial charge < -0.3 is 24.5 Å². The summed E-state index contributed by atoms with van der Waals surface area (Å²) in [5.41, 5.74) is 3.76. The van der Waals surface area contributed by atoms with Crippen LogP contribution in [-0.2, 0) is 13.0 Å². The van der Waals surface area contributed by atoms with Crippen molar-refractivity contribution in [1.82, 2.24) is 20.0 Å². The van der Waals surface area contributed by atoms with E-state index in [0.29, 0.717) is 42.6 Å². The number of carbonyl (C=O) groups excluding carboxylic acids is 1. The number of rotatable bonds is 6. The molecule has 5 rings (SSSR count). The average molecular weight is 450 g/mol. The lowest BCUT2D eigenvalue weighted by atomic mass is 10.00. The van der Waals surface area contributed by atoms with Gasteiger partial charge in [0.1, 0.15) is 12.4 Å². The Balaban J connectivity index is 1.24. The SMILES string of the molecule is Cc1nnc(Nc2ccc3c(c2)C(=O)N(C[C@H](O)CN2CCc4ccccc4C2)CCO3)o1. The highest BCUT2D eigenvalue weighted by Crippen LogP contribution is 2.28. The zero-order valence-electron chi connectivity index (χ0n) is 18.5. The van der Waals surface area contributed by atoms with Crippen molar-refractivity contribution in [2.45, 2.75) is 26.0 Å². The predicted molar refractivity (Wildman–Crippen MR) is 122 cm³/mol. The summed E-state index contributed by atoms with van der Waals surface area (Å²) >= 11 is 0. The number of β-amino-alcohol motifs (C(OH)–C–C–N with tert-alkyl or cyclic N) is 1. The first-order valence-electron chi connectivity index (χ1n) is 11.2. The Morgan fingerprint density at radius 2 is 1.97 bits per heavy atom. The molecule has 0 saturated carbocycles. The van der Waals surface area contributed by atoms with Crippen LogP contribution in [0.2, 0.25) is 0 Å². The van der Waals surface area contributed by atoms with Crippen LogP contribution in [0.15, 0.2) is 46.9 Å². The molecule has 0 spiro atoms. The Morgan fingerprint density at radius 1 is 1.12 bits per heavy atom. The Kier molecular flexibility index (Phi) is 5.97. The van der Waals surface area contributed by atoms with Gasteiger partial charge in [0, 0.05) is 38.8 Å². The van der Waals surface area contributed by atoms with Crippen LogP contribution in [0.4, 0.5) is 11.7 Å². The van der Waals surface area contributed by atoms with Gasteiger partial charge in [0.25, 0.3) is 5.91 Å². The number of amides is 1. The fraction of sp³-hybridized carbons (Fsp3) is 0.375. The number of benzene rings is 2. The smallest absolute Gasteiger partial charge is 0.320 e. The molecule has 9 nitrogen and oxygen atoms in total. The van der Waals surface area contributed by atoms with Crippen LogP contribution in [0.5, 0.6) is 5.75 Å². The Bertz CT molecular complexity index is 1150. The molecule has 2 aliphatic heterocycles. The molecule has 0 fully saturated rings. The summed E-state index contributed by atoms with van der Waals surface area (Å²) in [5, 5.41) is 21.5. The predicted octanol–water partition coefficient (Wildman–Crippen LogP) is 2.38. The summed E-state index contributed by atoms with van der Waals surface area (Å²) in [5.74, 6) is 0.803. The van der Waals surface area contributed by atoms with E-state index in [9.17, 15) is 9.90 Å². The molecule has 2 aromatic carbocycles. The molecular weight excluding hydrogens is 422 g/mol. The lowest BCUT2D eigenvalue weighted by Gasteiger charge is -2.32. The largest absolute Gasteiger partial charge is 0.491 e. The van der Waals surface area contributed by atoms with Crippen molar-refractivity contribution in [3.63, 3.8) is 0 Å². The molecule has 2 aliphatic rings. The number of carbonyl (C=O) groups is 1. The normalized spacial score (nSPS) is 17.0. The van der Waals surface area contributed by atoms with Crippen molar-refractivity contribution < 1.29 is 19.1 Å². The van der Waals surface area contributed by atoms with Gasteiger partial charge in [-0.3, -0.25) is 9.69 Å². The first-order chi connectivity index (χ1) is 16.0. The number of anilines is 2. The molecule has 3 aromatic rings. The standard InChI is InChI=1S/C24H27N5O4/c1-16-26-27-24(33-16)25-19-6-7-22-21(12-19)23(31)29(10-11-32-22)15-20(30)14-28-9-8-17-4-2-3-5-18(17)13-28/h2-7,12,20,30H,8-11,13-15H2,1H3,(H,25,27)/t20-/m1/s1. The highest BCUT2D eigenvalue weighted by molar-refractivity contribution is 5.98. The molecule has 0 bridgehead atoms. The first-order valence-corrected chi connectivity index (χ1v) is 11.2. The van der Waals surface area contributed by atoms with Gasteiger partial charge in [-0.15, -0.1) is 5.10 Å². The maximum Gasteiger partial charge on any atom is 0.320 e. The quantitative estimate of drug-likeness (QED) is 0.591. The number of aliphatic hydroxyl groups is 1. The van der Waals surface area contributed by atoms with Gasteiger partial charge in [-0.05, 0) is 35.7 Å². The summed E-state index contributed by atoms with van der Waals surface area (Å²) in [6, 6.07) is 13.9. The van der Waals surface area contributed by atoms with Gasteiger partial charge >= 0.3 is 6.01 Å². The number of fused-ring (bicyclic) bond motifs is 2. The van der Waals surface area contributed by atoms with Crippen molar-refractivity contribution in [3.05, 3.63) is 65.0 Å². The lowest BCUT2D eigenvalue weighted by Crippen LogP contribution is -2.44. The van der Waals surface area contributed by atoms with E-state index < -0.39 is 6.10 Å². The Labute approximate surface area is 192 Å². The summed E-state index contributed by atoms with van der Waals surface area (Å²) in [6.07, 6.45) is 0.325. The van der Waals surface area contributed by atoms with Crippen molar-refractivity contribution in [3.8, 4) is 5.75 Å². The topological polar surface area (TPSA) is 104 Å². The third kappa shape index (κ3) is 4.84. The van der Waals surface area contributed by atoms with Gasteiger partial charge in [0.15, 0.2) is 0 Å². The second-order valence-corrected chi connectivity index (χ2v) is 8.47.